The molecule has 2 aliphatic carbocycles. The third kappa shape index (κ3) is 3.10. The minimum atomic E-state index is -4.04. The third-order valence-corrected chi connectivity index (χ3v) is 3.68. The first-order valence-electron chi connectivity index (χ1n) is 5.71. The van der Waals surface area contributed by atoms with Crippen molar-refractivity contribution < 1.29 is 13.2 Å². The molecule has 2 rings (SSSR count). The lowest BCUT2D eigenvalue weighted by molar-refractivity contribution is -0.139. The van der Waals surface area contributed by atoms with E-state index in [1.807, 2.05) is 0 Å². The summed E-state index contributed by atoms with van der Waals surface area (Å²) in [5, 5.41) is 3.04. The summed E-state index contributed by atoms with van der Waals surface area (Å²) >= 11 is 0. The van der Waals surface area contributed by atoms with E-state index in [1.54, 1.807) is 6.92 Å². The third-order valence-electron chi connectivity index (χ3n) is 3.68. The lowest BCUT2D eigenvalue weighted by Crippen LogP contribution is -2.36. The van der Waals surface area contributed by atoms with Gasteiger partial charge in [-0.3, -0.25) is 0 Å². The van der Waals surface area contributed by atoms with Crippen molar-refractivity contribution in [1.29, 1.82) is 0 Å². The Labute approximate surface area is 88.4 Å². The number of alkyl halides is 3. The number of hydrogen-bond acceptors (Lipinski definition) is 1. The van der Waals surface area contributed by atoms with Gasteiger partial charge < -0.3 is 5.32 Å². The van der Waals surface area contributed by atoms with Crippen LogP contribution in [0.2, 0.25) is 0 Å². The molecule has 4 heteroatoms. The smallest absolute Gasteiger partial charge is 0.313 e. The standard InChI is InChI=1S/C11H18F3N/c1-8(6-11(12,13)14)15-7-10(4-5-10)9-2-3-9/h8-9,15H,2-7H2,1H3. The molecule has 15 heavy (non-hydrogen) atoms. The van der Waals surface area contributed by atoms with Crippen molar-refractivity contribution in [1.82, 2.24) is 5.32 Å². The van der Waals surface area contributed by atoms with Crippen molar-refractivity contribution in [2.24, 2.45) is 11.3 Å². The molecule has 0 bridgehead atoms. The van der Waals surface area contributed by atoms with E-state index in [0.29, 0.717) is 5.41 Å². The van der Waals surface area contributed by atoms with E-state index < -0.39 is 18.6 Å². The molecule has 0 aromatic carbocycles. The first-order chi connectivity index (χ1) is 6.91. The molecule has 0 aromatic rings. The summed E-state index contributed by atoms with van der Waals surface area (Å²) in [6.45, 7) is 2.41. The summed E-state index contributed by atoms with van der Waals surface area (Å²) in [6, 6.07) is -0.443. The Morgan fingerprint density at radius 1 is 1.33 bits per heavy atom. The first kappa shape index (κ1) is 11.2. The van der Waals surface area contributed by atoms with Gasteiger partial charge in [-0.15, -0.1) is 0 Å². The highest BCUT2D eigenvalue weighted by atomic mass is 19.4. The van der Waals surface area contributed by atoms with Gasteiger partial charge in [-0.25, -0.2) is 0 Å². The van der Waals surface area contributed by atoms with Crippen LogP contribution in [-0.2, 0) is 0 Å². The molecule has 0 saturated heterocycles. The van der Waals surface area contributed by atoms with Crippen molar-refractivity contribution in [3.8, 4) is 0 Å². The monoisotopic (exact) mass is 221 g/mol. The van der Waals surface area contributed by atoms with Crippen LogP contribution in [-0.4, -0.2) is 18.8 Å². The minimum absolute atomic E-state index is 0.389. The molecule has 1 nitrogen and oxygen atoms in total. The predicted octanol–water partition coefficient (Wildman–Crippen LogP) is 3.11. The molecule has 0 amide bonds. The molecule has 0 radical (unpaired) electrons. The van der Waals surface area contributed by atoms with Crippen LogP contribution in [0, 0.1) is 11.3 Å². The second-order valence-corrected chi connectivity index (χ2v) is 5.24. The molecule has 88 valence electrons. The summed E-state index contributed by atoms with van der Waals surface area (Å²) in [5.41, 5.74) is 0.389. The highest BCUT2D eigenvalue weighted by Crippen LogP contribution is 2.60. The van der Waals surface area contributed by atoms with E-state index in [-0.39, 0.29) is 0 Å². The Hall–Kier alpha value is -0.250. The molecule has 1 unspecified atom stereocenters. The molecule has 1 N–H and O–H groups in total. The van der Waals surface area contributed by atoms with Crippen LogP contribution in [0.5, 0.6) is 0 Å². The fourth-order valence-electron chi connectivity index (χ4n) is 2.38. The second kappa shape index (κ2) is 3.65. The zero-order valence-electron chi connectivity index (χ0n) is 9.03. The van der Waals surface area contributed by atoms with Crippen LogP contribution >= 0.6 is 0 Å². The highest BCUT2D eigenvalue weighted by Gasteiger charge is 2.53. The maximum Gasteiger partial charge on any atom is 0.390 e. The zero-order valence-corrected chi connectivity index (χ0v) is 9.03. The van der Waals surface area contributed by atoms with Crippen LogP contribution in [0.3, 0.4) is 0 Å². The lowest BCUT2D eigenvalue weighted by Gasteiger charge is -2.20. The maximum absolute atomic E-state index is 12.1. The van der Waals surface area contributed by atoms with E-state index in [2.05, 4.69) is 5.32 Å². The number of rotatable bonds is 5. The molecule has 0 aromatic heterocycles. The van der Waals surface area contributed by atoms with Crippen molar-refractivity contribution in [3.05, 3.63) is 0 Å². The normalized spacial score (nSPS) is 26.4. The van der Waals surface area contributed by atoms with Crippen LogP contribution in [0.15, 0.2) is 0 Å². The number of halogens is 3. The average Bonchev–Trinajstić information content (AvgIpc) is 2.92. The molecule has 2 fully saturated rings. The fraction of sp³-hybridized carbons (Fsp3) is 1.00. The molecule has 2 aliphatic rings. The molecule has 0 heterocycles. The Morgan fingerprint density at radius 2 is 1.93 bits per heavy atom. The van der Waals surface area contributed by atoms with E-state index in [0.717, 1.165) is 12.5 Å². The average molecular weight is 221 g/mol. The topological polar surface area (TPSA) is 12.0 Å². The fourth-order valence-corrected chi connectivity index (χ4v) is 2.38. The summed E-state index contributed by atoms with van der Waals surface area (Å²) in [6.07, 6.45) is 0.244. The first-order valence-corrected chi connectivity index (χ1v) is 5.71. The predicted molar refractivity (Wildman–Crippen MR) is 52.5 cm³/mol. The number of hydrogen-bond donors (Lipinski definition) is 1. The van der Waals surface area contributed by atoms with Gasteiger partial charge in [-0.05, 0) is 43.9 Å². The van der Waals surface area contributed by atoms with Crippen LogP contribution in [0.4, 0.5) is 13.2 Å². The van der Waals surface area contributed by atoms with E-state index in [9.17, 15) is 13.2 Å². The van der Waals surface area contributed by atoms with Gasteiger partial charge in [0.1, 0.15) is 0 Å². The van der Waals surface area contributed by atoms with Crippen LogP contribution in [0.25, 0.3) is 0 Å². The Bertz CT molecular complexity index is 228. The summed E-state index contributed by atoms with van der Waals surface area (Å²) in [7, 11) is 0. The molecule has 2 saturated carbocycles. The second-order valence-electron chi connectivity index (χ2n) is 5.24. The maximum atomic E-state index is 12.1. The Kier molecular flexibility index (Phi) is 2.73. The van der Waals surface area contributed by atoms with Gasteiger partial charge in [0.15, 0.2) is 0 Å². The number of nitrogens with one attached hydrogen (secondary N) is 1. The highest BCUT2D eigenvalue weighted by molar-refractivity contribution is 5.05. The van der Waals surface area contributed by atoms with Crippen LogP contribution in [0.1, 0.15) is 39.0 Å². The Balaban J connectivity index is 1.69. The van der Waals surface area contributed by atoms with E-state index in [4.69, 9.17) is 0 Å². The quantitative estimate of drug-likeness (QED) is 0.752. The minimum Gasteiger partial charge on any atom is -0.313 e. The van der Waals surface area contributed by atoms with Gasteiger partial charge in [0.2, 0.25) is 0 Å². The summed E-state index contributed by atoms with van der Waals surface area (Å²) < 4.78 is 36.2. The van der Waals surface area contributed by atoms with Gasteiger partial charge in [0.05, 0.1) is 6.42 Å². The van der Waals surface area contributed by atoms with E-state index in [1.165, 1.54) is 25.7 Å². The van der Waals surface area contributed by atoms with Gasteiger partial charge >= 0.3 is 6.18 Å². The molecular formula is C11H18F3N. The van der Waals surface area contributed by atoms with Crippen LogP contribution < -0.4 is 5.32 Å². The van der Waals surface area contributed by atoms with Crippen molar-refractivity contribution in [2.75, 3.05) is 6.54 Å². The summed E-state index contributed by atoms with van der Waals surface area (Å²) in [5.74, 6) is 0.808. The van der Waals surface area contributed by atoms with Crippen molar-refractivity contribution in [3.63, 3.8) is 0 Å². The largest absolute Gasteiger partial charge is 0.390 e. The molecule has 0 aliphatic heterocycles. The van der Waals surface area contributed by atoms with Gasteiger partial charge in [-0.1, -0.05) is 0 Å². The lowest BCUT2D eigenvalue weighted by atomic mass is 10.0. The SMILES string of the molecule is CC(CC(F)(F)F)NCC1(C2CC2)CC1. The Morgan fingerprint density at radius 3 is 2.33 bits per heavy atom. The van der Waals surface area contributed by atoms with E-state index >= 15 is 0 Å². The summed E-state index contributed by atoms with van der Waals surface area (Å²) in [4.78, 5) is 0. The zero-order chi connectivity index (χ0) is 11.1. The van der Waals surface area contributed by atoms with Crippen molar-refractivity contribution in [2.45, 2.75) is 51.2 Å². The molecule has 0 spiro atoms. The molecule has 1 atom stereocenters. The van der Waals surface area contributed by atoms with Crippen molar-refractivity contribution >= 4 is 0 Å². The molecular weight excluding hydrogens is 203 g/mol. The van der Waals surface area contributed by atoms with Gasteiger partial charge in [0, 0.05) is 12.6 Å². The van der Waals surface area contributed by atoms with Gasteiger partial charge in [-0.2, -0.15) is 13.2 Å². The van der Waals surface area contributed by atoms with Gasteiger partial charge in [0.25, 0.3) is 0 Å².